The minimum atomic E-state index is -0.345. The Kier molecular flexibility index (Phi) is 3.79. The van der Waals surface area contributed by atoms with E-state index in [2.05, 4.69) is 12.1 Å². The van der Waals surface area contributed by atoms with E-state index in [4.69, 9.17) is 0 Å². The normalized spacial score (nSPS) is 25.6. The van der Waals surface area contributed by atoms with E-state index in [1.807, 2.05) is 23.1 Å². The summed E-state index contributed by atoms with van der Waals surface area (Å²) in [4.78, 5) is 15.0. The number of aliphatic hydroxyl groups is 1. The Balaban J connectivity index is 1.89. The van der Waals surface area contributed by atoms with Gasteiger partial charge in [-0.05, 0) is 31.2 Å². The Hall–Kier alpha value is -1.35. The fourth-order valence-corrected chi connectivity index (χ4v) is 3.80. The van der Waals surface area contributed by atoms with Crippen molar-refractivity contribution in [2.24, 2.45) is 0 Å². The van der Waals surface area contributed by atoms with Crippen LogP contribution in [0.1, 0.15) is 44.1 Å². The van der Waals surface area contributed by atoms with Gasteiger partial charge in [0.2, 0.25) is 5.91 Å². The van der Waals surface area contributed by atoms with Crippen LogP contribution in [-0.4, -0.2) is 35.1 Å². The highest BCUT2D eigenvalue weighted by Gasteiger charge is 2.45. The van der Waals surface area contributed by atoms with Crippen LogP contribution in [0, 0.1) is 0 Å². The molecular formula is C17H23NO2. The minimum Gasteiger partial charge on any atom is -0.391 e. The summed E-state index contributed by atoms with van der Waals surface area (Å²) in [6.45, 7) is 1.30. The highest BCUT2D eigenvalue weighted by atomic mass is 16.3. The molecule has 3 heteroatoms. The van der Waals surface area contributed by atoms with E-state index in [0.29, 0.717) is 6.54 Å². The van der Waals surface area contributed by atoms with Gasteiger partial charge in [-0.1, -0.05) is 43.2 Å². The first-order valence-corrected chi connectivity index (χ1v) is 7.75. The van der Waals surface area contributed by atoms with Crippen LogP contribution in [-0.2, 0) is 10.2 Å². The van der Waals surface area contributed by atoms with E-state index < -0.39 is 0 Å². The predicted molar refractivity (Wildman–Crippen MR) is 78.4 cm³/mol. The van der Waals surface area contributed by atoms with Crippen molar-refractivity contribution in [1.82, 2.24) is 4.90 Å². The summed E-state index contributed by atoms with van der Waals surface area (Å²) in [6, 6.07) is 10.2. The third-order valence-corrected chi connectivity index (χ3v) is 4.88. The minimum absolute atomic E-state index is 0.236. The maximum atomic E-state index is 13.1. The van der Waals surface area contributed by atoms with Crippen molar-refractivity contribution in [3.05, 3.63) is 35.9 Å². The van der Waals surface area contributed by atoms with Crippen molar-refractivity contribution in [3.63, 3.8) is 0 Å². The second-order valence-electron chi connectivity index (χ2n) is 6.20. The summed E-state index contributed by atoms with van der Waals surface area (Å²) >= 11 is 0. The fourth-order valence-electron chi connectivity index (χ4n) is 3.80. The Morgan fingerprint density at radius 3 is 2.50 bits per heavy atom. The van der Waals surface area contributed by atoms with Gasteiger partial charge in [-0.3, -0.25) is 4.79 Å². The molecule has 1 unspecified atom stereocenters. The van der Waals surface area contributed by atoms with Crippen molar-refractivity contribution in [1.29, 1.82) is 0 Å². The van der Waals surface area contributed by atoms with Gasteiger partial charge in [0.1, 0.15) is 0 Å². The number of carbonyl (C=O) groups is 1. The number of amides is 1. The molecule has 3 nitrogen and oxygen atoms in total. The van der Waals surface area contributed by atoms with Gasteiger partial charge in [0.25, 0.3) is 0 Å². The Bertz CT molecular complexity index is 465. The summed E-state index contributed by atoms with van der Waals surface area (Å²) < 4.78 is 0. The van der Waals surface area contributed by atoms with Crippen LogP contribution < -0.4 is 0 Å². The number of aliphatic hydroxyl groups excluding tert-OH is 1. The first-order chi connectivity index (χ1) is 9.72. The Morgan fingerprint density at radius 1 is 1.15 bits per heavy atom. The van der Waals surface area contributed by atoms with Crippen LogP contribution in [0.4, 0.5) is 0 Å². The van der Waals surface area contributed by atoms with Gasteiger partial charge in [-0.25, -0.2) is 0 Å². The zero-order valence-corrected chi connectivity index (χ0v) is 11.9. The third kappa shape index (κ3) is 2.35. The number of likely N-dealkylation sites (tertiary alicyclic amines) is 1. The lowest BCUT2D eigenvalue weighted by Gasteiger charge is -2.38. The van der Waals surface area contributed by atoms with Gasteiger partial charge in [0.05, 0.1) is 11.5 Å². The second kappa shape index (κ2) is 5.57. The molecule has 0 radical (unpaired) electrons. The van der Waals surface area contributed by atoms with Crippen LogP contribution in [0.15, 0.2) is 30.3 Å². The monoisotopic (exact) mass is 273 g/mol. The van der Waals surface area contributed by atoms with Crippen LogP contribution in [0.5, 0.6) is 0 Å². The summed E-state index contributed by atoms with van der Waals surface area (Å²) in [5.41, 5.74) is 0.820. The maximum absolute atomic E-state index is 13.1. The molecule has 0 spiro atoms. The number of rotatable bonds is 2. The molecule has 20 heavy (non-hydrogen) atoms. The van der Waals surface area contributed by atoms with Gasteiger partial charge < -0.3 is 10.0 Å². The van der Waals surface area contributed by atoms with Crippen LogP contribution in [0.25, 0.3) is 0 Å². The van der Waals surface area contributed by atoms with Gasteiger partial charge in [0.15, 0.2) is 0 Å². The SMILES string of the molecule is O=C(N1CCCC(O)C1)C1(c2ccccc2)CCCC1. The zero-order chi connectivity index (χ0) is 14.0. The number of piperidine rings is 1. The van der Waals surface area contributed by atoms with E-state index in [0.717, 1.165) is 50.6 Å². The molecule has 1 saturated carbocycles. The smallest absolute Gasteiger partial charge is 0.233 e. The van der Waals surface area contributed by atoms with Crippen molar-refractivity contribution < 1.29 is 9.90 Å². The second-order valence-corrected chi connectivity index (χ2v) is 6.20. The summed E-state index contributed by atoms with van der Waals surface area (Å²) in [5.74, 6) is 0.236. The zero-order valence-electron chi connectivity index (χ0n) is 11.9. The number of benzene rings is 1. The van der Waals surface area contributed by atoms with Gasteiger partial charge in [-0.2, -0.15) is 0 Å². The number of hydrogen-bond donors (Lipinski definition) is 1. The Morgan fingerprint density at radius 2 is 1.85 bits per heavy atom. The molecule has 2 fully saturated rings. The van der Waals surface area contributed by atoms with Crippen molar-refractivity contribution in [2.45, 2.75) is 50.0 Å². The van der Waals surface area contributed by atoms with Gasteiger partial charge >= 0.3 is 0 Å². The molecule has 1 N–H and O–H groups in total. The first-order valence-electron chi connectivity index (χ1n) is 7.75. The molecule has 108 valence electrons. The average molecular weight is 273 g/mol. The maximum Gasteiger partial charge on any atom is 0.233 e. The molecule has 1 aromatic carbocycles. The standard InChI is InChI=1S/C17H23NO2/c19-15-9-6-12-18(13-15)16(20)17(10-4-5-11-17)14-7-2-1-3-8-14/h1-3,7-8,15,19H,4-6,9-13H2. The quantitative estimate of drug-likeness (QED) is 0.899. The van der Waals surface area contributed by atoms with Crippen molar-refractivity contribution >= 4 is 5.91 Å². The van der Waals surface area contributed by atoms with Gasteiger partial charge in [0, 0.05) is 13.1 Å². The topological polar surface area (TPSA) is 40.5 Å². The number of nitrogens with zero attached hydrogens (tertiary/aromatic N) is 1. The van der Waals surface area contributed by atoms with E-state index in [9.17, 15) is 9.90 Å². The highest BCUT2D eigenvalue weighted by molar-refractivity contribution is 5.88. The molecular weight excluding hydrogens is 250 g/mol. The molecule has 1 saturated heterocycles. The summed E-state index contributed by atoms with van der Waals surface area (Å²) in [5, 5.41) is 9.83. The van der Waals surface area contributed by atoms with Gasteiger partial charge in [-0.15, -0.1) is 0 Å². The molecule has 1 atom stereocenters. The summed E-state index contributed by atoms with van der Waals surface area (Å²) in [6.07, 6.45) is 5.53. The third-order valence-electron chi connectivity index (χ3n) is 4.88. The van der Waals surface area contributed by atoms with E-state index >= 15 is 0 Å². The molecule has 1 heterocycles. The molecule has 0 aromatic heterocycles. The predicted octanol–water partition coefficient (Wildman–Crippen LogP) is 2.48. The highest BCUT2D eigenvalue weighted by Crippen LogP contribution is 2.42. The van der Waals surface area contributed by atoms with E-state index in [1.165, 1.54) is 0 Å². The largest absolute Gasteiger partial charge is 0.391 e. The fraction of sp³-hybridized carbons (Fsp3) is 0.588. The first kappa shape index (κ1) is 13.6. The molecule has 3 rings (SSSR count). The summed E-state index contributed by atoms with van der Waals surface area (Å²) in [7, 11) is 0. The number of hydrogen-bond acceptors (Lipinski definition) is 2. The lowest BCUT2D eigenvalue weighted by atomic mass is 9.77. The van der Waals surface area contributed by atoms with Crippen LogP contribution in [0.3, 0.4) is 0 Å². The lowest BCUT2D eigenvalue weighted by molar-refractivity contribution is -0.140. The lowest BCUT2D eigenvalue weighted by Crippen LogP contribution is -2.50. The molecule has 0 bridgehead atoms. The van der Waals surface area contributed by atoms with Crippen LogP contribution >= 0.6 is 0 Å². The van der Waals surface area contributed by atoms with Crippen molar-refractivity contribution in [2.75, 3.05) is 13.1 Å². The van der Waals surface area contributed by atoms with Crippen LogP contribution in [0.2, 0.25) is 0 Å². The van der Waals surface area contributed by atoms with Crippen molar-refractivity contribution in [3.8, 4) is 0 Å². The average Bonchev–Trinajstić information content (AvgIpc) is 2.98. The van der Waals surface area contributed by atoms with E-state index in [-0.39, 0.29) is 17.4 Å². The molecule has 1 amide bonds. The molecule has 2 aliphatic rings. The molecule has 1 aromatic rings. The number of β-amino-alcohol motifs (C(OH)–C–C–N with tert-alkyl or cyclic N) is 1. The van der Waals surface area contributed by atoms with E-state index in [1.54, 1.807) is 0 Å². The molecule has 1 aliphatic carbocycles. The Labute approximate surface area is 120 Å². The molecule has 1 aliphatic heterocycles. The number of carbonyl (C=O) groups excluding carboxylic acids is 1.